The average Bonchev–Trinajstić information content (AvgIpc) is 2.82. The number of hydrogen-bond donors (Lipinski definition) is 2. The van der Waals surface area contributed by atoms with Gasteiger partial charge in [-0.2, -0.15) is 5.10 Å². The van der Waals surface area contributed by atoms with Gasteiger partial charge in [0.2, 0.25) is 0 Å². The third-order valence-electron chi connectivity index (χ3n) is 2.57. The Hall–Kier alpha value is -2.89. The fourth-order valence-electron chi connectivity index (χ4n) is 1.72. The Morgan fingerprint density at radius 2 is 2.16 bits per heavy atom. The first-order valence-corrected chi connectivity index (χ1v) is 5.63. The smallest absolute Gasteiger partial charge is 0.276 e. The van der Waals surface area contributed by atoms with Crippen molar-refractivity contribution < 1.29 is 9.90 Å². The summed E-state index contributed by atoms with van der Waals surface area (Å²) in [5.41, 5.74) is 1.38. The number of phenols is 1. The van der Waals surface area contributed by atoms with Crippen molar-refractivity contribution in [3.63, 3.8) is 0 Å². The minimum absolute atomic E-state index is 0.0921. The van der Waals surface area contributed by atoms with Gasteiger partial charge in [-0.1, -0.05) is 6.07 Å². The molecular formula is C13H10N4O2. The van der Waals surface area contributed by atoms with Gasteiger partial charge in [-0.25, -0.2) is 9.50 Å². The molecule has 6 heteroatoms. The van der Waals surface area contributed by atoms with E-state index in [0.29, 0.717) is 11.3 Å². The van der Waals surface area contributed by atoms with E-state index in [1.165, 1.54) is 16.6 Å². The van der Waals surface area contributed by atoms with Gasteiger partial charge in [0.1, 0.15) is 5.75 Å². The van der Waals surface area contributed by atoms with Crippen LogP contribution in [-0.2, 0) is 0 Å². The summed E-state index contributed by atoms with van der Waals surface area (Å²) in [6.07, 6.45) is 3.35. The maximum atomic E-state index is 12.0. The summed E-state index contributed by atoms with van der Waals surface area (Å²) in [6, 6.07) is 9.66. The molecular weight excluding hydrogens is 244 g/mol. The van der Waals surface area contributed by atoms with Gasteiger partial charge >= 0.3 is 0 Å². The number of aromatic hydroxyl groups is 1. The molecule has 0 unspecified atom stereocenters. The highest BCUT2D eigenvalue weighted by Crippen LogP contribution is 2.16. The van der Waals surface area contributed by atoms with Crippen molar-refractivity contribution in [2.75, 3.05) is 5.32 Å². The number of nitrogens with zero attached hydrogens (tertiary/aromatic N) is 3. The molecule has 1 amide bonds. The van der Waals surface area contributed by atoms with Gasteiger partial charge in [0.05, 0.1) is 0 Å². The van der Waals surface area contributed by atoms with E-state index in [-0.39, 0.29) is 17.4 Å². The highest BCUT2D eigenvalue weighted by Gasteiger charge is 2.11. The summed E-state index contributed by atoms with van der Waals surface area (Å²) in [5.74, 6) is -0.259. The van der Waals surface area contributed by atoms with E-state index in [2.05, 4.69) is 15.4 Å². The van der Waals surface area contributed by atoms with Crippen LogP contribution >= 0.6 is 0 Å². The molecule has 2 N–H and O–H groups in total. The summed E-state index contributed by atoms with van der Waals surface area (Å²) >= 11 is 0. The molecule has 0 aliphatic carbocycles. The summed E-state index contributed by atoms with van der Waals surface area (Å²) in [6.45, 7) is 0. The third kappa shape index (κ3) is 2.23. The van der Waals surface area contributed by atoms with Crippen molar-refractivity contribution >= 4 is 17.2 Å². The number of amides is 1. The summed E-state index contributed by atoms with van der Waals surface area (Å²) in [5, 5.41) is 16.1. The molecule has 6 nitrogen and oxygen atoms in total. The molecule has 0 fully saturated rings. The van der Waals surface area contributed by atoms with Gasteiger partial charge in [-0.3, -0.25) is 4.79 Å². The minimum Gasteiger partial charge on any atom is -0.508 e. The van der Waals surface area contributed by atoms with Crippen molar-refractivity contribution in [1.82, 2.24) is 14.6 Å². The standard InChI is InChI=1S/C13H10N4O2/c18-10-4-1-3-9(7-10)15-13(19)11-8-12-14-5-2-6-17(12)16-11/h1-8,18H,(H,15,19). The zero-order chi connectivity index (χ0) is 13.2. The third-order valence-corrected chi connectivity index (χ3v) is 2.57. The summed E-state index contributed by atoms with van der Waals surface area (Å²) < 4.78 is 1.53. The Morgan fingerprint density at radius 1 is 1.26 bits per heavy atom. The van der Waals surface area contributed by atoms with E-state index in [0.717, 1.165) is 0 Å². The molecule has 1 aromatic carbocycles. The van der Waals surface area contributed by atoms with Crippen LogP contribution in [0.15, 0.2) is 48.8 Å². The van der Waals surface area contributed by atoms with Gasteiger partial charge in [-0.15, -0.1) is 0 Å². The lowest BCUT2D eigenvalue weighted by molar-refractivity contribution is 0.102. The zero-order valence-electron chi connectivity index (χ0n) is 9.82. The first-order valence-electron chi connectivity index (χ1n) is 5.63. The lowest BCUT2D eigenvalue weighted by Crippen LogP contribution is -2.12. The summed E-state index contributed by atoms with van der Waals surface area (Å²) in [4.78, 5) is 16.1. The van der Waals surface area contributed by atoms with Crippen LogP contribution in [0.25, 0.3) is 5.65 Å². The van der Waals surface area contributed by atoms with Crippen LogP contribution in [0.3, 0.4) is 0 Å². The van der Waals surface area contributed by atoms with Crippen molar-refractivity contribution in [2.45, 2.75) is 0 Å². The molecule has 0 spiro atoms. The molecule has 94 valence electrons. The Labute approximate surface area is 108 Å². The molecule has 3 aromatic rings. The molecule has 19 heavy (non-hydrogen) atoms. The average molecular weight is 254 g/mol. The monoisotopic (exact) mass is 254 g/mol. The van der Waals surface area contributed by atoms with Crippen LogP contribution < -0.4 is 5.32 Å². The second kappa shape index (κ2) is 4.41. The number of anilines is 1. The number of nitrogens with one attached hydrogen (secondary N) is 1. The predicted molar refractivity (Wildman–Crippen MR) is 69.0 cm³/mol. The maximum Gasteiger partial charge on any atom is 0.276 e. The van der Waals surface area contributed by atoms with Crippen molar-refractivity contribution in [1.29, 1.82) is 0 Å². The van der Waals surface area contributed by atoms with Crippen LogP contribution in [0.1, 0.15) is 10.5 Å². The fourth-order valence-corrected chi connectivity index (χ4v) is 1.72. The highest BCUT2D eigenvalue weighted by atomic mass is 16.3. The van der Waals surface area contributed by atoms with E-state index in [1.807, 2.05) is 0 Å². The molecule has 0 saturated heterocycles. The van der Waals surface area contributed by atoms with E-state index < -0.39 is 0 Å². The Morgan fingerprint density at radius 3 is 2.95 bits per heavy atom. The number of fused-ring (bicyclic) bond motifs is 1. The van der Waals surface area contributed by atoms with Crippen molar-refractivity contribution in [3.05, 3.63) is 54.5 Å². The number of phenolic OH excluding ortho intramolecular Hbond substituents is 1. The Kier molecular flexibility index (Phi) is 2.60. The SMILES string of the molecule is O=C(Nc1cccc(O)c1)c1cc2ncccn2n1. The number of hydrogen-bond acceptors (Lipinski definition) is 4. The van der Waals surface area contributed by atoms with Gasteiger partial charge in [0, 0.05) is 30.2 Å². The maximum absolute atomic E-state index is 12.0. The predicted octanol–water partition coefficient (Wildman–Crippen LogP) is 1.69. The van der Waals surface area contributed by atoms with Crippen LogP contribution in [0, 0.1) is 0 Å². The quantitative estimate of drug-likeness (QED) is 0.729. The van der Waals surface area contributed by atoms with Gasteiger partial charge in [-0.05, 0) is 18.2 Å². The van der Waals surface area contributed by atoms with Crippen LogP contribution in [0.4, 0.5) is 5.69 Å². The Bertz CT molecular complexity index is 718. The van der Waals surface area contributed by atoms with Crippen LogP contribution in [-0.4, -0.2) is 25.6 Å². The molecule has 0 radical (unpaired) electrons. The normalized spacial score (nSPS) is 10.5. The molecule has 2 aromatic heterocycles. The number of carbonyl (C=O) groups excluding carboxylic acids is 1. The lowest BCUT2D eigenvalue weighted by atomic mass is 10.3. The molecule has 2 heterocycles. The van der Waals surface area contributed by atoms with Crippen molar-refractivity contribution in [3.8, 4) is 5.75 Å². The van der Waals surface area contributed by atoms with E-state index in [4.69, 9.17) is 0 Å². The van der Waals surface area contributed by atoms with Crippen LogP contribution in [0.2, 0.25) is 0 Å². The molecule has 0 aliphatic rings. The fraction of sp³-hybridized carbons (Fsp3) is 0. The number of aromatic nitrogens is 3. The van der Waals surface area contributed by atoms with Gasteiger partial charge < -0.3 is 10.4 Å². The first-order chi connectivity index (χ1) is 9.22. The number of rotatable bonds is 2. The van der Waals surface area contributed by atoms with Gasteiger partial charge in [0.25, 0.3) is 5.91 Å². The molecule has 0 aliphatic heterocycles. The highest BCUT2D eigenvalue weighted by molar-refractivity contribution is 6.03. The Balaban J connectivity index is 1.87. The number of benzene rings is 1. The van der Waals surface area contributed by atoms with E-state index in [9.17, 15) is 9.90 Å². The largest absolute Gasteiger partial charge is 0.508 e. The molecule has 0 saturated carbocycles. The van der Waals surface area contributed by atoms with Gasteiger partial charge in [0.15, 0.2) is 11.3 Å². The first kappa shape index (κ1) is 11.2. The molecule has 0 atom stereocenters. The molecule has 0 bridgehead atoms. The van der Waals surface area contributed by atoms with Crippen molar-refractivity contribution in [2.24, 2.45) is 0 Å². The molecule has 3 rings (SSSR count). The second-order valence-corrected chi connectivity index (χ2v) is 3.96. The van der Waals surface area contributed by atoms with E-state index >= 15 is 0 Å². The minimum atomic E-state index is -0.351. The lowest BCUT2D eigenvalue weighted by Gasteiger charge is -2.02. The van der Waals surface area contributed by atoms with Crippen LogP contribution in [0.5, 0.6) is 5.75 Å². The number of carbonyl (C=O) groups is 1. The topological polar surface area (TPSA) is 79.5 Å². The summed E-state index contributed by atoms with van der Waals surface area (Å²) in [7, 11) is 0. The second-order valence-electron chi connectivity index (χ2n) is 3.96. The van der Waals surface area contributed by atoms with E-state index in [1.54, 1.807) is 36.7 Å². The zero-order valence-corrected chi connectivity index (χ0v) is 9.82.